The zero-order valence-corrected chi connectivity index (χ0v) is 11.5. The summed E-state index contributed by atoms with van der Waals surface area (Å²) < 4.78 is 7.65. The maximum Gasteiger partial charge on any atom is 0.0701 e. The summed E-state index contributed by atoms with van der Waals surface area (Å²) in [4.78, 5) is 0. The van der Waals surface area contributed by atoms with Gasteiger partial charge in [0, 0.05) is 25.3 Å². The van der Waals surface area contributed by atoms with Crippen LogP contribution in [0.3, 0.4) is 0 Å². The number of hydrogen-bond donors (Lipinski definition) is 1. The lowest BCUT2D eigenvalue weighted by Gasteiger charge is -2.18. The molecule has 0 bridgehead atoms. The van der Waals surface area contributed by atoms with Crippen molar-refractivity contribution in [1.29, 1.82) is 0 Å². The van der Waals surface area contributed by atoms with Crippen LogP contribution in [0.15, 0.2) is 12.3 Å². The number of rotatable bonds is 6. The molecule has 0 radical (unpaired) electrons. The number of nitrogens with two attached hydrogens (primary N) is 1. The van der Waals surface area contributed by atoms with Crippen LogP contribution in [0.5, 0.6) is 0 Å². The van der Waals surface area contributed by atoms with E-state index in [0.29, 0.717) is 12.6 Å². The zero-order valence-electron chi connectivity index (χ0n) is 11.5. The third kappa shape index (κ3) is 3.33. The van der Waals surface area contributed by atoms with Gasteiger partial charge in [0.15, 0.2) is 0 Å². The van der Waals surface area contributed by atoms with Gasteiger partial charge in [-0.3, -0.25) is 4.68 Å². The van der Waals surface area contributed by atoms with Crippen LogP contribution in [-0.4, -0.2) is 28.5 Å². The second-order valence-electron chi connectivity index (χ2n) is 5.25. The summed E-state index contributed by atoms with van der Waals surface area (Å²) in [5.41, 5.74) is 7.21. The highest BCUT2D eigenvalue weighted by Crippen LogP contribution is 2.28. The van der Waals surface area contributed by atoms with Gasteiger partial charge in [0.05, 0.1) is 17.8 Å². The predicted molar refractivity (Wildman–Crippen MR) is 72.5 cm³/mol. The highest BCUT2D eigenvalue weighted by Gasteiger charge is 2.19. The van der Waals surface area contributed by atoms with Crippen LogP contribution in [0.2, 0.25) is 0 Å². The first kappa shape index (κ1) is 13.6. The van der Waals surface area contributed by atoms with Crippen LogP contribution in [0, 0.1) is 0 Å². The van der Waals surface area contributed by atoms with E-state index >= 15 is 0 Å². The molecule has 0 amide bonds. The van der Waals surface area contributed by atoms with Crippen LogP contribution < -0.4 is 5.73 Å². The molecule has 0 spiro atoms. The van der Waals surface area contributed by atoms with Crippen molar-refractivity contribution >= 4 is 0 Å². The molecule has 2 atom stereocenters. The minimum Gasteiger partial charge on any atom is -0.377 e. The van der Waals surface area contributed by atoms with Crippen LogP contribution in [0.25, 0.3) is 0 Å². The third-order valence-corrected chi connectivity index (χ3v) is 3.84. The summed E-state index contributed by atoms with van der Waals surface area (Å²) in [7, 11) is 0. The van der Waals surface area contributed by atoms with Crippen molar-refractivity contribution in [3.8, 4) is 0 Å². The predicted octanol–water partition coefficient (Wildman–Crippen LogP) is 2.29. The number of ether oxygens (including phenoxy) is 1. The molecule has 1 aromatic rings. The molecular weight excluding hydrogens is 226 g/mol. The third-order valence-electron chi connectivity index (χ3n) is 3.84. The van der Waals surface area contributed by atoms with Crippen molar-refractivity contribution in [1.82, 2.24) is 9.78 Å². The maximum atomic E-state index is 6.12. The molecule has 1 fully saturated rings. The smallest absolute Gasteiger partial charge is 0.0701 e. The van der Waals surface area contributed by atoms with Crippen molar-refractivity contribution in [2.45, 2.75) is 64.1 Å². The molecule has 2 unspecified atom stereocenters. The van der Waals surface area contributed by atoms with Gasteiger partial charge in [-0.1, -0.05) is 12.8 Å². The molecule has 4 heteroatoms. The number of hydrogen-bond acceptors (Lipinski definition) is 3. The van der Waals surface area contributed by atoms with Gasteiger partial charge in [0.1, 0.15) is 0 Å². The molecule has 1 aromatic heterocycles. The van der Waals surface area contributed by atoms with E-state index in [2.05, 4.69) is 22.0 Å². The van der Waals surface area contributed by atoms with Gasteiger partial charge < -0.3 is 10.5 Å². The van der Waals surface area contributed by atoms with Crippen LogP contribution in [0.4, 0.5) is 0 Å². The van der Waals surface area contributed by atoms with Crippen LogP contribution in [-0.2, 0) is 11.2 Å². The second kappa shape index (κ2) is 6.34. The second-order valence-corrected chi connectivity index (χ2v) is 5.25. The van der Waals surface area contributed by atoms with Gasteiger partial charge in [0.2, 0.25) is 0 Å². The standard InChI is InChI=1S/C14H25N3O/c1-3-18-11(2)14(15)10-12-8-9-17(16-12)13-6-4-5-7-13/h8-9,11,13-14H,3-7,10,15H2,1-2H3. The summed E-state index contributed by atoms with van der Waals surface area (Å²) >= 11 is 0. The Balaban J connectivity index is 1.89. The van der Waals surface area contributed by atoms with E-state index < -0.39 is 0 Å². The molecule has 4 nitrogen and oxygen atoms in total. The van der Waals surface area contributed by atoms with E-state index in [1.165, 1.54) is 25.7 Å². The average Bonchev–Trinajstić information content (AvgIpc) is 2.98. The molecule has 0 aliphatic heterocycles. The van der Waals surface area contributed by atoms with Crippen molar-refractivity contribution in [2.75, 3.05) is 6.61 Å². The monoisotopic (exact) mass is 251 g/mol. The van der Waals surface area contributed by atoms with E-state index in [0.717, 1.165) is 12.1 Å². The summed E-state index contributed by atoms with van der Waals surface area (Å²) in [6, 6.07) is 2.73. The summed E-state index contributed by atoms with van der Waals surface area (Å²) in [6.07, 6.45) is 8.18. The molecule has 2 N–H and O–H groups in total. The van der Waals surface area contributed by atoms with E-state index in [9.17, 15) is 0 Å². The Kier molecular flexibility index (Phi) is 4.78. The van der Waals surface area contributed by atoms with E-state index in [-0.39, 0.29) is 12.1 Å². The molecule has 0 saturated heterocycles. The first-order valence-electron chi connectivity index (χ1n) is 7.12. The SMILES string of the molecule is CCOC(C)C(N)Cc1ccn(C2CCCC2)n1. The lowest BCUT2D eigenvalue weighted by molar-refractivity contribution is 0.0574. The van der Waals surface area contributed by atoms with Gasteiger partial charge in [-0.15, -0.1) is 0 Å². The van der Waals surface area contributed by atoms with E-state index in [1.54, 1.807) is 0 Å². The van der Waals surface area contributed by atoms with Crippen LogP contribution >= 0.6 is 0 Å². The van der Waals surface area contributed by atoms with E-state index in [1.807, 2.05) is 13.8 Å². The Morgan fingerprint density at radius 3 is 2.89 bits per heavy atom. The molecule has 2 rings (SSSR count). The fourth-order valence-electron chi connectivity index (χ4n) is 2.65. The Morgan fingerprint density at radius 1 is 1.50 bits per heavy atom. The van der Waals surface area contributed by atoms with Crippen molar-refractivity contribution in [2.24, 2.45) is 5.73 Å². The fraction of sp³-hybridized carbons (Fsp3) is 0.786. The zero-order chi connectivity index (χ0) is 13.0. The van der Waals surface area contributed by atoms with Crippen molar-refractivity contribution in [3.63, 3.8) is 0 Å². The van der Waals surface area contributed by atoms with E-state index in [4.69, 9.17) is 10.5 Å². The molecule has 1 aliphatic rings. The fourth-order valence-corrected chi connectivity index (χ4v) is 2.65. The van der Waals surface area contributed by atoms with Crippen LogP contribution in [0.1, 0.15) is 51.3 Å². The molecule has 1 saturated carbocycles. The lowest BCUT2D eigenvalue weighted by atomic mass is 10.1. The topological polar surface area (TPSA) is 53.1 Å². The molecular formula is C14H25N3O. The normalized spacial score (nSPS) is 20.2. The largest absolute Gasteiger partial charge is 0.377 e. The first-order valence-corrected chi connectivity index (χ1v) is 7.12. The van der Waals surface area contributed by atoms with Gasteiger partial charge >= 0.3 is 0 Å². The minimum atomic E-state index is 0.0249. The Hall–Kier alpha value is -0.870. The van der Waals surface area contributed by atoms with Crippen molar-refractivity contribution < 1.29 is 4.74 Å². The molecule has 18 heavy (non-hydrogen) atoms. The Bertz CT molecular complexity index is 358. The summed E-state index contributed by atoms with van der Waals surface area (Å²) in [5.74, 6) is 0. The van der Waals surface area contributed by atoms with Gasteiger partial charge in [-0.25, -0.2) is 0 Å². The van der Waals surface area contributed by atoms with Gasteiger partial charge in [-0.05, 0) is 32.8 Å². The minimum absolute atomic E-state index is 0.0249. The Labute approximate surface area is 110 Å². The summed E-state index contributed by atoms with van der Waals surface area (Å²) in [5, 5.41) is 4.66. The van der Waals surface area contributed by atoms with Gasteiger partial charge in [-0.2, -0.15) is 5.10 Å². The molecule has 1 aliphatic carbocycles. The highest BCUT2D eigenvalue weighted by molar-refractivity contribution is 5.03. The van der Waals surface area contributed by atoms with Crippen molar-refractivity contribution in [3.05, 3.63) is 18.0 Å². The average molecular weight is 251 g/mol. The number of aromatic nitrogens is 2. The Morgan fingerprint density at radius 2 is 2.22 bits per heavy atom. The molecule has 1 heterocycles. The lowest BCUT2D eigenvalue weighted by Crippen LogP contribution is -2.36. The molecule has 102 valence electrons. The van der Waals surface area contributed by atoms with Gasteiger partial charge in [0.25, 0.3) is 0 Å². The maximum absolute atomic E-state index is 6.12. The summed E-state index contributed by atoms with van der Waals surface area (Å²) in [6.45, 7) is 4.74. The quantitative estimate of drug-likeness (QED) is 0.844. The first-order chi connectivity index (χ1) is 8.70. The highest BCUT2D eigenvalue weighted by atomic mass is 16.5. The molecule has 0 aromatic carbocycles. The number of nitrogens with zero attached hydrogens (tertiary/aromatic N) is 2.